The van der Waals surface area contributed by atoms with E-state index < -0.39 is 18.6 Å². The summed E-state index contributed by atoms with van der Waals surface area (Å²) >= 11 is 1.11. The number of pyridine rings is 1. The van der Waals surface area contributed by atoms with Crippen molar-refractivity contribution in [1.82, 2.24) is 25.1 Å². The van der Waals surface area contributed by atoms with Crippen molar-refractivity contribution in [2.24, 2.45) is 5.92 Å². The Balaban J connectivity index is 1.81. The van der Waals surface area contributed by atoms with Crippen molar-refractivity contribution in [2.45, 2.75) is 50.0 Å². The average Bonchev–Trinajstić information content (AvgIpc) is 3.09. The van der Waals surface area contributed by atoms with Gasteiger partial charge >= 0.3 is 6.18 Å². The number of hydrogen-bond acceptors (Lipinski definition) is 5. The molecule has 1 amide bonds. The van der Waals surface area contributed by atoms with Gasteiger partial charge in [0.05, 0.1) is 5.75 Å². The lowest BCUT2D eigenvalue weighted by atomic mass is 9.85. The Labute approximate surface area is 165 Å². The van der Waals surface area contributed by atoms with E-state index in [0.717, 1.165) is 36.6 Å². The maximum absolute atomic E-state index is 12.3. The number of thioether (sulfide) groups is 1. The summed E-state index contributed by atoms with van der Waals surface area (Å²) in [4.78, 5) is 15.9. The van der Waals surface area contributed by atoms with Crippen LogP contribution in [-0.2, 0) is 4.79 Å². The molecule has 28 heavy (non-hydrogen) atoms. The molecular weight excluding hydrogens is 391 g/mol. The summed E-state index contributed by atoms with van der Waals surface area (Å²) in [6.45, 7) is 0.848. The highest BCUT2D eigenvalue weighted by Gasteiger charge is 2.30. The first kappa shape index (κ1) is 20.6. The van der Waals surface area contributed by atoms with Crippen LogP contribution < -0.4 is 5.32 Å². The topological polar surface area (TPSA) is 72.7 Å². The molecule has 0 spiro atoms. The largest absolute Gasteiger partial charge is 0.405 e. The maximum Gasteiger partial charge on any atom is 0.405 e. The number of alkyl halides is 3. The maximum atomic E-state index is 12.3. The highest BCUT2D eigenvalue weighted by molar-refractivity contribution is 7.99. The van der Waals surface area contributed by atoms with Crippen LogP contribution in [0, 0.1) is 5.92 Å². The Bertz CT molecular complexity index is 796. The smallest absolute Gasteiger partial charge is 0.346 e. The monoisotopic (exact) mass is 413 g/mol. The fourth-order valence-electron chi connectivity index (χ4n) is 3.43. The molecule has 1 N–H and O–H groups in total. The van der Waals surface area contributed by atoms with Crippen LogP contribution in [0.4, 0.5) is 13.2 Å². The molecule has 2 aromatic heterocycles. The number of halogens is 3. The zero-order valence-electron chi connectivity index (χ0n) is 15.4. The third-order valence-corrected chi connectivity index (χ3v) is 5.74. The van der Waals surface area contributed by atoms with Gasteiger partial charge in [0.15, 0.2) is 11.0 Å². The van der Waals surface area contributed by atoms with Gasteiger partial charge < -0.3 is 5.32 Å². The van der Waals surface area contributed by atoms with Gasteiger partial charge in [-0.15, -0.1) is 10.2 Å². The van der Waals surface area contributed by atoms with Gasteiger partial charge in [0.1, 0.15) is 6.54 Å². The van der Waals surface area contributed by atoms with Crippen LogP contribution in [0.25, 0.3) is 11.4 Å². The minimum absolute atomic E-state index is 0.150. The van der Waals surface area contributed by atoms with Crippen LogP contribution in [0.3, 0.4) is 0 Å². The predicted octanol–water partition coefficient (Wildman–Crippen LogP) is 3.86. The highest BCUT2D eigenvalue weighted by atomic mass is 32.2. The molecule has 0 bridgehead atoms. The van der Waals surface area contributed by atoms with E-state index in [1.165, 1.54) is 6.42 Å². The Morgan fingerprint density at radius 3 is 2.79 bits per heavy atom. The molecule has 6 nitrogen and oxygen atoms in total. The van der Waals surface area contributed by atoms with Gasteiger partial charge in [0, 0.05) is 24.0 Å². The fraction of sp³-hybridized carbons (Fsp3) is 0.556. The number of amides is 1. The van der Waals surface area contributed by atoms with Gasteiger partial charge in [-0.25, -0.2) is 0 Å². The quantitative estimate of drug-likeness (QED) is 0.728. The Kier molecular flexibility index (Phi) is 6.58. The molecule has 3 rings (SSSR count). The van der Waals surface area contributed by atoms with Gasteiger partial charge in [-0.05, 0) is 30.9 Å². The number of aromatic nitrogens is 4. The predicted molar refractivity (Wildman–Crippen MR) is 99.7 cm³/mol. The SMILES string of the molecule is C[C@H]1CCCC[C@@H]1n1c(SCC(=O)NCC(F)(F)F)nnc1-c1cccnc1. The van der Waals surface area contributed by atoms with Gasteiger partial charge in [0.25, 0.3) is 0 Å². The molecule has 0 saturated heterocycles. The molecule has 1 aliphatic rings. The van der Waals surface area contributed by atoms with Crippen molar-refractivity contribution in [1.29, 1.82) is 0 Å². The highest BCUT2D eigenvalue weighted by Crippen LogP contribution is 2.38. The summed E-state index contributed by atoms with van der Waals surface area (Å²) in [7, 11) is 0. The van der Waals surface area contributed by atoms with Crippen LogP contribution in [0.2, 0.25) is 0 Å². The van der Waals surface area contributed by atoms with Gasteiger partial charge in [-0.2, -0.15) is 13.2 Å². The van der Waals surface area contributed by atoms with E-state index in [0.29, 0.717) is 16.9 Å². The van der Waals surface area contributed by atoms with E-state index in [9.17, 15) is 18.0 Å². The van der Waals surface area contributed by atoms with E-state index in [-0.39, 0.29) is 11.8 Å². The minimum Gasteiger partial charge on any atom is -0.346 e. The first-order chi connectivity index (χ1) is 13.3. The average molecular weight is 413 g/mol. The zero-order chi connectivity index (χ0) is 20.1. The first-order valence-electron chi connectivity index (χ1n) is 9.16. The molecule has 1 saturated carbocycles. The Morgan fingerprint density at radius 1 is 1.32 bits per heavy atom. The summed E-state index contributed by atoms with van der Waals surface area (Å²) in [5.41, 5.74) is 0.821. The number of hydrogen-bond donors (Lipinski definition) is 1. The molecule has 2 heterocycles. The molecule has 0 aromatic carbocycles. The molecule has 0 unspecified atom stereocenters. The number of rotatable bonds is 6. The molecule has 2 aromatic rings. The van der Waals surface area contributed by atoms with Crippen molar-refractivity contribution in [3.8, 4) is 11.4 Å². The molecule has 0 radical (unpaired) electrons. The molecule has 10 heteroatoms. The summed E-state index contributed by atoms with van der Waals surface area (Å²) in [5, 5.41) is 11.0. The van der Waals surface area contributed by atoms with Gasteiger partial charge in [-0.1, -0.05) is 31.5 Å². The van der Waals surface area contributed by atoms with Crippen LogP contribution in [0.1, 0.15) is 38.6 Å². The van der Waals surface area contributed by atoms with Gasteiger partial charge in [0.2, 0.25) is 5.91 Å². The lowest BCUT2D eigenvalue weighted by molar-refractivity contribution is -0.136. The second-order valence-electron chi connectivity index (χ2n) is 6.93. The third kappa shape index (κ3) is 5.24. The molecule has 1 aliphatic carbocycles. The second-order valence-corrected chi connectivity index (χ2v) is 7.87. The van der Waals surface area contributed by atoms with Crippen molar-refractivity contribution >= 4 is 17.7 Å². The lowest BCUT2D eigenvalue weighted by Gasteiger charge is -2.31. The van der Waals surface area contributed by atoms with Crippen molar-refractivity contribution in [3.05, 3.63) is 24.5 Å². The van der Waals surface area contributed by atoms with Crippen LogP contribution in [0.5, 0.6) is 0 Å². The molecule has 152 valence electrons. The second kappa shape index (κ2) is 8.93. The normalized spacial score (nSPS) is 20.1. The number of nitrogens with zero attached hydrogens (tertiary/aromatic N) is 4. The van der Waals surface area contributed by atoms with Crippen molar-refractivity contribution in [2.75, 3.05) is 12.3 Å². The Hall–Kier alpha value is -2.10. The molecular formula is C18H22F3N5OS. The third-order valence-electron chi connectivity index (χ3n) is 4.80. The number of carbonyl (C=O) groups is 1. The number of nitrogens with one attached hydrogen (secondary N) is 1. The fourth-order valence-corrected chi connectivity index (χ4v) is 4.25. The van der Waals surface area contributed by atoms with Crippen molar-refractivity contribution in [3.63, 3.8) is 0 Å². The first-order valence-corrected chi connectivity index (χ1v) is 10.2. The molecule has 1 fully saturated rings. The standard InChI is InChI=1S/C18H22F3N5OS/c1-12-5-2-3-7-14(12)26-16(13-6-4-8-22-9-13)24-25-17(26)28-10-15(27)23-11-18(19,20)21/h4,6,8-9,12,14H,2-3,5,7,10-11H2,1H3,(H,23,27)/t12-,14-/m0/s1. The van der Waals surface area contributed by atoms with E-state index in [4.69, 9.17) is 0 Å². The summed E-state index contributed by atoms with van der Waals surface area (Å²) in [6.07, 6.45) is 3.28. The van der Waals surface area contributed by atoms with E-state index in [1.54, 1.807) is 12.4 Å². The van der Waals surface area contributed by atoms with E-state index in [1.807, 2.05) is 22.0 Å². The van der Waals surface area contributed by atoms with Gasteiger partial charge in [-0.3, -0.25) is 14.3 Å². The van der Waals surface area contributed by atoms with E-state index >= 15 is 0 Å². The van der Waals surface area contributed by atoms with Crippen LogP contribution in [0.15, 0.2) is 29.7 Å². The summed E-state index contributed by atoms with van der Waals surface area (Å²) in [5.74, 6) is 0.252. The van der Waals surface area contributed by atoms with Crippen LogP contribution >= 0.6 is 11.8 Å². The lowest BCUT2D eigenvalue weighted by Crippen LogP contribution is -2.34. The minimum atomic E-state index is -4.43. The van der Waals surface area contributed by atoms with E-state index in [2.05, 4.69) is 22.1 Å². The van der Waals surface area contributed by atoms with Crippen molar-refractivity contribution < 1.29 is 18.0 Å². The molecule has 2 atom stereocenters. The zero-order valence-corrected chi connectivity index (χ0v) is 16.3. The summed E-state index contributed by atoms with van der Waals surface area (Å²) < 4.78 is 38.8. The van der Waals surface area contributed by atoms with Crippen LogP contribution in [-0.4, -0.2) is 44.1 Å². The number of carbonyl (C=O) groups excluding carboxylic acids is 1. The Morgan fingerprint density at radius 2 is 2.11 bits per heavy atom. The summed E-state index contributed by atoms with van der Waals surface area (Å²) in [6, 6.07) is 3.89. The molecule has 0 aliphatic heterocycles.